The fourth-order valence-electron chi connectivity index (χ4n) is 2.88. The van der Waals surface area contributed by atoms with Crippen LogP contribution in [0.25, 0.3) is 0 Å². The van der Waals surface area contributed by atoms with E-state index in [1.165, 1.54) is 43.5 Å². The fraction of sp³-hybridized carbons (Fsp3) is 0.588. The number of nitrogens with one attached hydrogen (secondary N) is 1. The average molecular weight is 338 g/mol. The first-order valence-electron chi connectivity index (χ1n) is 8.23. The van der Waals surface area contributed by atoms with E-state index in [1.807, 2.05) is 0 Å². The molecule has 1 aromatic carbocycles. The summed E-state index contributed by atoms with van der Waals surface area (Å²) in [5.74, 6) is -0.0795. The van der Waals surface area contributed by atoms with Crippen molar-refractivity contribution in [1.29, 1.82) is 0 Å². The highest BCUT2D eigenvalue weighted by molar-refractivity contribution is 7.92. The van der Waals surface area contributed by atoms with Crippen molar-refractivity contribution in [3.63, 3.8) is 0 Å². The first kappa shape index (κ1) is 17.8. The summed E-state index contributed by atoms with van der Waals surface area (Å²) in [6.07, 6.45) is 9.38. The third kappa shape index (κ3) is 5.23. The number of sulfonamides is 1. The van der Waals surface area contributed by atoms with Gasteiger partial charge in [-0.25, -0.2) is 8.42 Å². The summed E-state index contributed by atoms with van der Waals surface area (Å²) in [7, 11) is -1.79. The lowest BCUT2D eigenvalue weighted by molar-refractivity contribution is 0.0930. The Labute approximate surface area is 139 Å². The molecule has 1 N–H and O–H groups in total. The number of nitrogens with zero attached hydrogens (tertiary/aromatic N) is 1. The molecule has 6 heteroatoms. The molecule has 1 saturated carbocycles. The van der Waals surface area contributed by atoms with E-state index in [4.69, 9.17) is 0 Å². The molecule has 0 radical (unpaired) electrons. The molecule has 0 aromatic heterocycles. The van der Waals surface area contributed by atoms with Gasteiger partial charge in [0, 0.05) is 18.7 Å². The Morgan fingerprint density at radius 1 is 1.04 bits per heavy atom. The highest BCUT2D eigenvalue weighted by Crippen LogP contribution is 2.19. The van der Waals surface area contributed by atoms with Gasteiger partial charge in [-0.2, -0.15) is 0 Å². The van der Waals surface area contributed by atoms with E-state index in [9.17, 15) is 13.2 Å². The van der Waals surface area contributed by atoms with Gasteiger partial charge >= 0.3 is 0 Å². The van der Waals surface area contributed by atoms with Crippen LogP contribution in [0.2, 0.25) is 0 Å². The largest absolute Gasteiger partial charge is 0.349 e. The second-order valence-electron chi connectivity index (χ2n) is 6.29. The van der Waals surface area contributed by atoms with E-state index < -0.39 is 10.0 Å². The van der Waals surface area contributed by atoms with Crippen molar-refractivity contribution >= 4 is 21.6 Å². The van der Waals surface area contributed by atoms with Gasteiger partial charge in [-0.3, -0.25) is 9.10 Å². The fourth-order valence-corrected chi connectivity index (χ4v) is 3.39. The van der Waals surface area contributed by atoms with Crippen molar-refractivity contribution in [2.24, 2.45) is 0 Å². The smallest absolute Gasteiger partial charge is 0.251 e. The molecular formula is C17H26N2O3S. The van der Waals surface area contributed by atoms with Gasteiger partial charge in [-0.1, -0.05) is 32.1 Å². The van der Waals surface area contributed by atoms with Crippen molar-refractivity contribution < 1.29 is 13.2 Å². The maximum atomic E-state index is 12.3. The van der Waals surface area contributed by atoms with Crippen LogP contribution in [-0.4, -0.2) is 33.7 Å². The summed E-state index contributed by atoms with van der Waals surface area (Å²) in [6, 6.07) is 6.92. The summed E-state index contributed by atoms with van der Waals surface area (Å²) in [6.45, 7) is 0. The van der Waals surface area contributed by atoms with E-state index in [2.05, 4.69) is 5.32 Å². The van der Waals surface area contributed by atoms with Crippen molar-refractivity contribution in [2.75, 3.05) is 17.6 Å². The van der Waals surface area contributed by atoms with E-state index in [0.717, 1.165) is 19.1 Å². The zero-order valence-corrected chi connectivity index (χ0v) is 14.7. The lowest BCUT2D eigenvalue weighted by Gasteiger charge is -2.21. The molecule has 5 nitrogen and oxygen atoms in total. The molecule has 0 spiro atoms. The quantitative estimate of drug-likeness (QED) is 0.918. The molecule has 128 valence electrons. The summed E-state index contributed by atoms with van der Waals surface area (Å²) in [4.78, 5) is 12.3. The summed E-state index contributed by atoms with van der Waals surface area (Å²) in [5.41, 5.74) is 1.12. The van der Waals surface area contributed by atoms with Crippen LogP contribution >= 0.6 is 0 Å². The minimum Gasteiger partial charge on any atom is -0.349 e. The maximum Gasteiger partial charge on any atom is 0.251 e. The van der Waals surface area contributed by atoms with Crippen LogP contribution in [0.5, 0.6) is 0 Å². The van der Waals surface area contributed by atoms with Crippen LogP contribution in [-0.2, 0) is 10.0 Å². The summed E-state index contributed by atoms with van der Waals surface area (Å²) in [5, 5.41) is 3.11. The molecule has 1 aromatic rings. The van der Waals surface area contributed by atoms with Crippen LogP contribution < -0.4 is 9.62 Å². The molecule has 1 fully saturated rings. The predicted molar refractivity (Wildman–Crippen MR) is 93.3 cm³/mol. The number of hydrogen-bond donors (Lipinski definition) is 1. The minimum absolute atomic E-state index is 0.0795. The Morgan fingerprint density at radius 3 is 2.09 bits per heavy atom. The first-order valence-corrected chi connectivity index (χ1v) is 10.1. The van der Waals surface area contributed by atoms with Gasteiger partial charge in [0.05, 0.1) is 11.9 Å². The number of benzene rings is 1. The third-order valence-electron chi connectivity index (χ3n) is 4.43. The Morgan fingerprint density at radius 2 is 1.57 bits per heavy atom. The first-order chi connectivity index (χ1) is 10.9. The van der Waals surface area contributed by atoms with Crippen LogP contribution in [0.3, 0.4) is 0 Å². The van der Waals surface area contributed by atoms with Gasteiger partial charge in [-0.05, 0) is 37.1 Å². The van der Waals surface area contributed by atoms with Crippen LogP contribution in [0, 0.1) is 0 Å². The number of amides is 1. The molecule has 2 rings (SSSR count). The Balaban J connectivity index is 1.99. The van der Waals surface area contributed by atoms with E-state index >= 15 is 0 Å². The third-order valence-corrected chi connectivity index (χ3v) is 5.64. The zero-order valence-electron chi connectivity index (χ0n) is 13.9. The topological polar surface area (TPSA) is 66.5 Å². The molecule has 0 unspecified atom stereocenters. The van der Waals surface area contributed by atoms with Gasteiger partial charge in [0.2, 0.25) is 10.0 Å². The van der Waals surface area contributed by atoms with Crippen molar-refractivity contribution in [1.82, 2.24) is 5.32 Å². The van der Waals surface area contributed by atoms with Gasteiger partial charge < -0.3 is 5.32 Å². The molecule has 0 aliphatic heterocycles. The molecule has 0 heterocycles. The van der Waals surface area contributed by atoms with Crippen molar-refractivity contribution in [3.05, 3.63) is 29.8 Å². The molecule has 1 aliphatic rings. The molecule has 23 heavy (non-hydrogen) atoms. The summed E-state index contributed by atoms with van der Waals surface area (Å²) >= 11 is 0. The van der Waals surface area contributed by atoms with Crippen LogP contribution in [0.1, 0.15) is 55.3 Å². The highest BCUT2D eigenvalue weighted by Gasteiger charge is 2.16. The average Bonchev–Trinajstić information content (AvgIpc) is 2.48. The van der Waals surface area contributed by atoms with Crippen LogP contribution in [0.4, 0.5) is 5.69 Å². The lowest BCUT2D eigenvalue weighted by atomic mass is 9.96. The molecule has 0 bridgehead atoms. The van der Waals surface area contributed by atoms with Gasteiger partial charge in [-0.15, -0.1) is 0 Å². The van der Waals surface area contributed by atoms with E-state index in [0.29, 0.717) is 11.3 Å². The van der Waals surface area contributed by atoms with Gasteiger partial charge in [0.1, 0.15) is 0 Å². The predicted octanol–water partition coefficient (Wildman–Crippen LogP) is 2.93. The molecule has 0 atom stereocenters. The maximum absolute atomic E-state index is 12.3. The molecule has 1 amide bonds. The highest BCUT2D eigenvalue weighted by atomic mass is 32.2. The molecule has 1 aliphatic carbocycles. The van der Waals surface area contributed by atoms with E-state index in [1.54, 1.807) is 24.3 Å². The van der Waals surface area contributed by atoms with Gasteiger partial charge in [0.15, 0.2) is 0 Å². The number of anilines is 1. The lowest BCUT2D eigenvalue weighted by Crippen LogP contribution is -2.35. The standard InChI is InChI=1S/C17H26N2O3S/c1-19(23(2,21)22)16-12-10-14(11-13-16)17(20)18-15-8-6-4-3-5-7-9-15/h10-13,15H,3-9H2,1-2H3,(H,18,20). The zero-order chi connectivity index (χ0) is 16.9. The minimum atomic E-state index is -3.29. The Bertz CT molecular complexity index is 618. The Kier molecular flexibility index (Phi) is 6.04. The molecular weight excluding hydrogens is 312 g/mol. The summed E-state index contributed by atoms with van der Waals surface area (Å²) < 4.78 is 24.2. The second kappa shape index (κ2) is 7.81. The number of rotatable bonds is 4. The molecule has 0 saturated heterocycles. The number of hydrogen-bond acceptors (Lipinski definition) is 3. The van der Waals surface area contributed by atoms with Crippen molar-refractivity contribution in [2.45, 2.75) is 51.0 Å². The van der Waals surface area contributed by atoms with Gasteiger partial charge in [0.25, 0.3) is 5.91 Å². The Hall–Kier alpha value is -1.56. The number of carbonyl (C=O) groups excluding carboxylic acids is 1. The normalized spacial score (nSPS) is 17.1. The van der Waals surface area contributed by atoms with E-state index in [-0.39, 0.29) is 11.9 Å². The SMILES string of the molecule is CN(c1ccc(C(=O)NC2CCCCCCC2)cc1)S(C)(=O)=O. The van der Waals surface area contributed by atoms with Crippen LogP contribution in [0.15, 0.2) is 24.3 Å². The van der Waals surface area contributed by atoms with Crippen molar-refractivity contribution in [3.8, 4) is 0 Å². The monoisotopic (exact) mass is 338 g/mol. The second-order valence-corrected chi connectivity index (χ2v) is 8.31. The number of carbonyl (C=O) groups is 1.